The molecule has 0 aliphatic carbocycles. The van der Waals surface area contributed by atoms with Crippen LogP contribution in [0.25, 0.3) is 6.08 Å². The smallest absolute Gasteiger partial charge is 0.413 e. The number of ketones is 1. The Hall–Kier alpha value is -1.95. The number of alkyl carbamates (subject to hydrolysis) is 1. The lowest BCUT2D eigenvalue weighted by Gasteiger charge is -2.20. The lowest BCUT2D eigenvalue weighted by atomic mass is 10.0. The van der Waals surface area contributed by atoms with Crippen LogP contribution < -0.4 is 5.32 Å². The third-order valence-corrected chi connectivity index (χ3v) is 3.53. The second-order valence-electron chi connectivity index (χ2n) is 6.29. The third kappa shape index (κ3) is 5.03. The van der Waals surface area contributed by atoms with Crippen LogP contribution in [-0.4, -0.2) is 23.3 Å². The molecule has 23 heavy (non-hydrogen) atoms. The Bertz CT molecular complexity index is 715. The fourth-order valence-corrected chi connectivity index (χ4v) is 2.41. The van der Waals surface area contributed by atoms with Gasteiger partial charge in [0.25, 0.3) is 0 Å². The molecule has 5 nitrogen and oxygen atoms in total. The molecule has 1 aromatic rings. The number of amides is 1. The number of carbonyl (C=O) groups is 2. The van der Waals surface area contributed by atoms with Gasteiger partial charge in [-0.15, -0.1) is 0 Å². The van der Waals surface area contributed by atoms with Gasteiger partial charge < -0.3 is 4.74 Å². The van der Waals surface area contributed by atoms with E-state index in [4.69, 9.17) is 4.74 Å². The lowest BCUT2D eigenvalue weighted by Crippen LogP contribution is -2.36. The number of nitrogens with zero attached hydrogens (tertiary/aromatic N) is 1. The molecule has 0 saturated carbocycles. The number of hydrogen-bond acceptors (Lipinski definition) is 4. The van der Waals surface area contributed by atoms with Gasteiger partial charge in [0.1, 0.15) is 11.4 Å². The zero-order valence-corrected chi connectivity index (χ0v) is 15.2. The zero-order valence-electron chi connectivity index (χ0n) is 13.6. The monoisotopic (exact) mass is 378 g/mol. The minimum Gasteiger partial charge on any atom is -0.444 e. The van der Waals surface area contributed by atoms with Gasteiger partial charge in [-0.1, -0.05) is 22.0 Å². The van der Waals surface area contributed by atoms with Gasteiger partial charge in [-0.3, -0.25) is 10.1 Å². The van der Waals surface area contributed by atoms with E-state index in [0.29, 0.717) is 17.1 Å². The van der Waals surface area contributed by atoms with Crippen molar-refractivity contribution in [3.05, 3.63) is 33.8 Å². The summed E-state index contributed by atoms with van der Waals surface area (Å²) in [5.74, 6) is 0.331. The number of Topliss-reactive ketones (excluding diaryl/α,β-unsaturated/α-hetero) is 1. The number of amidine groups is 1. The van der Waals surface area contributed by atoms with E-state index in [1.165, 1.54) is 6.92 Å². The number of ether oxygens (including phenoxy) is 1. The molecule has 0 atom stereocenters. The molecule has 122 valence electrons. The number of benzene rings is 1. The van der Waals surface area contributed by atoms with Crippen LogP contribution in [0.5, 0.6) is 0 Å². The van der Waals surface area contributed by atoms with Crippen LogP contribution in [-0.2, 0) is 9.53 Å². The molecular formula is C17H19BrN2O3. The minimum atomic E-state index is -0.602. The molecule has 0 unspecified atom stereocenters. The average Bonchev–Trinajstić information content (AvgIpc) is 2.54. The summed E-state index contributed by atoms with van der Waals surface area (Å²) < 4.78 is 6.12. The highest BCUT2D eigenvalue weighted by molar-refractivity contribution is 9.10. The Balaban J connectivity index is 2.34. The van der Waals surface area contributed by atoms with E-state index < -0.39 is 11.7 Å². The first-order chi connectivity index (χ1) is 10.6. The summed E-state index contributed by atoms with van der Waals surface area (Å²) in [5, 5.41) is 2.64. The number of aliphatic imine (C=N–C) groups is 1. The standard InChI is InChI=1S/C17H19BrN2O3/c1-10(21)12-7-11-5-6-13(18)9-14(11)19-15(8-12)20-16(22)23-17(2,3)4/h5-7,9H,8H2,1-4H3,(H,19,20,22). The molecule has 6 heteroatoms. The van der Waals surface area contributed by atoms with Crippen molar-refractivity contribution < 1.29 is 14.3 Å². The van der Waals surface area contributed by atoms with Crippen LogP contribution >= 0.6 is 15.9 Å². The predicted molar refractivity (Wildman–Crippen MR) is 93.9 cm³/mol. The van der Waals surface area contributed by atoms with E-state index in [9.17, 15) is 9.59 Å². The Morgan fingerprint density at radius 2 is 2.00 bits per heavy atom. The van der Waals surface area contributed by atoms with E-state index in [1.54, 1.807) is 26.8 Å². The van der Waals surface area contributed by atoms with Crippen LogP contribution in [0.2, 0.25) is 0 Å². The summed E-state index contributed by atoms with van der Waals surface area (Å²) in [6.45, 7) is 6.86. The van der Waals surface area contributed by atoms with Crippen LogP contribution in [0.4, 0.5) is 10.5 Å². The van der Waals surface area contributed by atoms with Gasteiger partial charge in [-0.2, -0.15) is 0 Å². The van der Waals surface area contributed by atoms with Gasteiger partial charge in [0.2, 0.25) is 0 Å². The first-order valence-corrected chi connectivity index (χ1v) is 8.02. The molecule has 0 spiro atoms. The molecule has 0 saturated heterocycles. The van der Waals surface area contributed by atoms with E-state index in [0.717, 1.165) is 10.0 Å². The summed E-state index contributed by atoms with van der Waals surface area (Å²) in [6, 6.07) is 5.60. The number of carbonyl (C=O) groups excluding carboxylic acids is 2. The van der Waals surface area contributed by atoms with Crippen LogP contribution in [0.15, 0.2) is 33.2 Å². The molecule has 1 amide bonds. The Labute approximate surface area is 143 Å². The summed E-state index contributed by atoms with van der Waals surface area (Å²) in [7, 11) is 0. The van der Waals surface area contributed by atoms with Crippen LogP contribution in [0.1, 0.15) is 39.7 Å². The average molecular weight is 379 g/mol. The van der Waals surface area contributed by atoms with Gasteiger partial charge in [0.15, 0.2) is 5.78 Å². The van der Waals surface area contributed by atoms with E-state index in [2.05, 4.69) is 26.2 Å². The Kier molecular flexibility index (Phi) is 5.04. The Morgan fingerprint density at radius 3 is 2.61 bits per heavy atom. The number of fused-ring (bicyclic) bond motifs is 1. The summed E-state index contributed by atoms with van der Waals surface area (Å²) >= 11 is 3.40. The van der Waals surface area contributed by atoms with Crippen molar-refractivity contribution in [2.75, 3.05) is 0 Å². The van der Waals surface area contributed by atoms with Gasteiger partial charge >= 0.3 is 6.09 Å². The second kappa shape index (κ2) is 6.66. The predicted octanol–water partition coefficient (Wildman–Crippen LogP) is 4.38. The van der Waals surface area contributed by atoms with Crippen LogP contribution in [0.3, 0.4) is 0 Å². The van der Waals surface area contributed by atoms with Crippen molar-refractivity contribution in [3.63, 3.8) is 0 Å². The molecular weight excluding hydrogens is 360 g/mol. The first kappa shape index (κ1) is 17.4. The molecule has 0 bridgehead atoms. The van der Waals surface area contributed by atoms with E-state index in [1.807, 2.05) is 18.2 Å². The number of halogens is 1. The van der Waals surface area contributed by atoms with Gasteiger partial charge in [-0.25, -0.2) is 9.79 Å². The molecule has 0 aromatic heterocycles. The second-order valence-corrected chi connectivity index (χ2v) is 7.21. The maximum atomic E-state index is 12.0. The van der Waals surface area contributed by atoms with Gasteiger partial charge in [-0.05, 0) is 45.9 Å². The largest absolute Gasteiger partial charge is 0.444 e. The van der Waals surface area contributed by atoms with E-state index in [-0.39, 0.29) is 12.2 Å². The number of hydrogen-bond donors (Lipinski definition) is 1. The normalized spacial score (nSPS) is 14.1. The molecule has 1 aromatic carbocycles. The topological polar surface area (TPSA) is 67.8 Å². The fraction of sp³-hybridized carbons (Fsp3) is 0.353. The van der Waals surface area contributed by atoms with Crippen molar-refractivity contribution >= 4 is 45.4 Å². The van der Waals surface area contributed by atoms with Gasteiger partial charge in [0, 0.05) is 22.0 Å². The molecule has 1 aliphatic rings. The quantitative estimate of drug-likeness (QED) is 0.788. The van der Waals surface area contributed by atoms with Crippen molar-refractivity contribution in [1.82, 2.24) is 5.32 Å². The van der Waals surface area contributed by atoms with E-state index >= 15 is 0 Å². The summed E-state index contributed by atoms with van der Waals surface area (Å²) in [6.07, 6.45) is 1.47. The van der Waals surface area contributed by atoms with Crippen molar-refractivity contribution in [3.8, 4) is 0 Å². The molecule has 1 N–H and O–H groups in total. The zero-order chi connectivity index (χ0) is 17.2. The molecule has 0 radical (unpaired) electrons. The molecule has 1 heterocycles. The summed E-state index contributed by atoms with van der Waals surface area (Å²) in [4.78, 5) is 28.3. The molecule has 1 aliphatic heterocycles. The highest BCUT2D eigenvalue weighted by atomic mass is 79.9. The highest BCUT2D eigenvalue weighted by Crippen LogP contribution is 2.29. The number of rotatable bonds is 1. The molecule has 2 rings (SSSR count). The minimum absolute atomic E-state index is 0.0561. The number of nitrogens with one attached hydrogen (secondary N) is 1. The van der Waals surface area contributed by atoms with Crippen molar-refractivity contribution in [2.45, 2.75) is 39.7 Å². The maximum Gasteiger partial charge on any atom is 0.413 e. The molecule has 0 fully saturated rings. The van der Waals surface area contributed by atoms with Crippen molar-refractivity contribution in [1.29, 1.82) is 0 Å². The Morgan fingerprint density at radius 1 is 1.30 bits per heavy atom. The third-order valence-electron chi connectivity index (χ3n) is 3.03. The van der Waals surface area contributed by atoms with Gasteiger partial charge in [0.05, 0.1) is 5.69 Å². The first-order valence-electron chi connectivity index (χ1n) is 7.23. The van der Waals surface area contributed by atoms with Crippen molar-refractivity contribution in [2.24, 2.45) is 4.99 Å². The van der Waals surface area contributed by atoms with Crippen LogP contribution in [0, 0.1) is 0 Å². The lowest BCUT2D eigenvalue weighted by molar-refractivity contribution is -0.113. The fourth-order valence-electron chi connectivity index (χ4n) is 2.06. The maximum absolute atomic E-state index is 12.0. The SMILES string of the molecule is CC(=O)C1=Cc2ccc(Br)cc2N=C(NC(=O)OC(C)(C)C)C1. The summed E-state index contributed by atoms with van der Waals surface area (Å²) in [5.41, 5.74) is 1.50. The highest BCUT2D eigenvalue weighted by Gasteiger charge is 2.20.